The minimum atomic E-state index is -0.170. The fourth-order valence-electron chi connectivity index (χ4n) is 2.04. The lowest BCUT2D eigenvalue weighted by atomic mass is 10.1. The van der Waals surface area contributed by atoms with Gasteiger partial charge in [-0.1, -0.05) is 13.8 Å². The zero-order valence-corrected chi connectivity index (χ0v) is 9.90. The van der Waals surface area contributed by atoms with Gasteiger partial charge in [-0.25, -0.2) is 0 Å². The number of likely N-dealkylation sites (tertiary alicyclic amines) is 1. The zero-order chi connectivity index (χ0) is 11.4. The van der Waals surface area contributed by atoms with Crippen LogP contribution in [0.2, 0.25) is 0 Å². The van der Waals surface area contributed by atoms with Crippen molar-refractivity contribution in [1.29, 1.82) is 0 Å². The lowest BCUT2D eigenvalue weighted by molar-refractivity contribution is -0.121. The molecule has 0 aliphatic carbocycles. The maximum atomic E-state index is 11.0. The smallest absolute Gasteiger partial charge is 0.221 e. The molecule has 2 N–H and O–H groups in total. The van der Waals surface area contributed by atoms with Crippen molar-refractivity contribution < 1.29 is 9.53 Å². The number of hydrogen-bond acceptors (Lipinski definition) is 3. The van der Waals surface area contributed by atoms with Crippen LogP contribution < -0.4 is 5.73 Å². The van der Waals surface area contributed by atoms with Gasteiger partial charge in [0.1, 0.15) is 0 Å². The van der Waals surface area contributed by atoms with E-state index in [1.54, 1.807) is 7.11 Å². The highest BCUT2D eigenvalue weighted by Crippen LogP contribution is 2.18. The van der Waals surface area contributed by atoms with E-state index in [1.807, 2.05) is 0 Å². The second-order valence-electron chi connectivity index (χ2n) is 4.67. The quantitative estimate of drug-likeness (QED) is 0.723. The monoisotopic (exact) mass is 214 g/mol. The van der Waals surface area contributed by atoms with Crippen LogP contribution in [-0.4, -0.2) is 43.7 Å². The molecule has 1 saturated heterocycles. The first-order valence-corrected chi connectivity index (χ1v) is 5.59. The van der Waals surface area contributed by atoms with Crippen LogP contribution in [0.15, 0.2) is 0 Å². The molecule has 0 radical (unpaired) electrons. The van der Waals surface area contributed by atoms with Gasteiger partial charge in [-0.2, -0.15) is 0 Å². The van der Waals surface area contributed by atoms with Crippen molar-refractivity contribution in [3.05, 3.63) is 0 Å². The molecule has 2 unspecified atom stereocenters. The number of primary amides is 1. The van der Waals surface area contributed by atoms with Crippen LogP contribution in [0.1, 0.15) is 20.3 Å². The molecule has 0 aromatic rings. The van der Waals surface area contributed by atoms with Gasteiger partial charge in [-0.3, -0.25) is 9.69 Å². The molecule has 0 saturated carbocycles. The van der Waals surface area contributed by atoms with Gasteiger partial charge in [-0.15, -0.1) is 0 Å². The molecular weight excluding hydrogens is 192 g/mol. The lowest BCUT2D eigenvalue weighted by Gasteiger charge is -2.25. The second kappa shape index (κ2) is 5.47. The van der Waals surface area contributed by atoms with E-state index in [9.17, 15) is 4.79 Å². The van der Waals surface area contributed by atoms with Crippen LogP contribution in [0.3, 0.4) is 0 Å². The highest BCUT2D eigenvalue weighted by molar-refractivity contribution is 5.77. The molecule has 0 spiro atoms. The Morgan fingerprint density at radius 2 is 2.27 bits per heavy atom. The van der Waals surface area contributed by atoms with Crippen LogP contribution in [0.5, 0.6) is 0 Å². The maximum absolute atomic E-state index is 11.0. The standard InChI is InChI=1S/C11H22N2O2/c1-8(2)10(15-3)7-13-5-4-9(6-13)11(12)14/h8-10H,4-7H2,1-3H3,(H2,12,14). The van der Waals surface area contributed by atoms with Gasteiger partial charge >= 0.3 is 0 Å². The normalized spacial score (nSPS) is 24.7. The largest absolute Gasteiger partial charge is 0.380 e. The molecule has 4 nitrogen and oxygen atoms in total. The summed E-state index contributed by atoms with van der Waals surface area (Å²) in [5, 5.41) is 0. The van der Waals surface area contributed by atoms with E-state index in [0.717, 1.165) is 26.1 Å². The molecule has 1 rings (SSSR count). The number of methoxy groups -OCH3 is 1. The van der Waals surface area contributed by atoms with E-state index in [1.165, 1.54) is 0 Å². The highest BCUT2D eigenvalue weighted by Gasteiger charge is 2.28. The summed E-state index contributed by atoms with van der Waals surface area (Å²) < 4.78 is 5.41. The molecule has 1 heterocycles. The summed E-state index contributed by atoms with van der Waals surface area (Å²) in [4.78, 5) is 13.3. The first kappa shape index (κ1) is 12.5. The Bertz CT molecular complexity index is 219. The SMILES string of the molecule is COC(CN1CCC(C(N)=O)C1)C(C)C. The van der Waals surface area contributed by atoms with E-state index < -0.39 is 0 Å². The van der Waals surface area contributed by atoms with Crippen molar-refractivity contribution in [3.8, 4) is 0 Å². The first-order chi connectivity index (χ1) is 7.04. The lowest BCUT2D eigenvalue weighted by Crippen LogP contribution is -2.36. The van der Waals surface area contributed by atoms with Crippen LogP contribution in [-0.2, 0) is 9.53 Å². The van der Waals surface area contributed by atoms with Crippen LogP contribution >= 0.6 is 0 Å². The molecule has 1 amide bonds. The Balaban J connectivity index is 2.37. The number of rotatable bonds is 5. The third-order valence-corrected chi connectivity index (χ3v) is 3.16. The molecular formula is C11H22N2O2. The van der Waals surface area contributed by atoms with Crippen molar-refractivity contribution in [3.63, 3.8) is 0 Å². The number of carbonyl (C=O) groups excluding carboxylic acids is 1. The van der Waals surface area contributed by atoms with E-state index in [0.29, 0.717) is 5.92 Å². The van der Waals surface area contributed by atoms with Crippen molar-refractivity contribution in [2.75, 3.05) is 26.7 Å². The molecule has 1 fully saturated rings. The molecule has 2 atom stereocenters. The van der Waals surface area contributed by atoms with Crippen LogP contribution in [0.4, 0.5) is 0 Å². The van der Waals surface area contributed by atoms with Crippen molar-refractivity contribution in [1.82, 2.24) is 4.90 Å². The fraction of sp³-hybridized carbons (Fsp3) is 0.909. The molecule has 15 heavy (non-hydrogen) atoms. The van der Waals surface area contributed by atoms with Gasteiger partial charge < -0.3 is 10.5 Å². The van der Waals surface area contributed by atoms with E-state index in [-0.39, 0.29) is 17.9 Å². The summed E-state index contributed by atoms with van der Waals surface area (Å²) in [5.74, 6) is 0.369. The Morgan fingerprint density at radius 1 is 1.60 bits per heavy atom. The van der Waals surface area contributed by atoms with E-state index in [4.69, 9.17) is 10.5 Å². The molecule has 4 heteroatoms. The van der Waals surface area contributed by atoms with Crippen LogP contribution in [0.25, 0.3) is 0 Å². The predicted molar refractivity (Wildman–Crippen MR) is 59.4 cm³/mol. The average molecular weight is 214 g/mol. The number of hydrogen-bond donors (Lipinski definition) is 1. The van der Waals surface area contributed by atoms with Crippen molar-refractivity contribution in [2.45, 2.75) is 26.4 Å². The van der Waals surface area contributed by atoms with E-state index >= 15 is 0 Å². The summed E-state index contributed by atoms with van der Waals surface area (Å²) in [6, 6.07) is 0. The Kier molecular flexibility index (Phi) is 4.54. The fourth-order valence-corrected chi connectivity index (χ4v) is 2.04. The molecule has 1 aliphatic rings. The summed E-state index contributed by atoms with van der Waals surface area (Å²) >= 11 is 0. The topological polar surface area (TPSA) is 55.6 Å². The minimum Gasteiger partial charge on any atom is -0.380 e. The van der Waals surface area contributed by atoms with Gasteiger partial charge in [-0.05, 0) is 18.9 Å². The number of carbonyl (C=O) groups is 1. The zero-order valence-electron chi connectivity index (χ0n) is 9.90. The van der Waals surface area contributed by atoms with E-state index in [2.05, 4.69) is 18.7 Å². The molecule has 0 aromatic carbocycles. The average Bonchev–Trinajstić information content (AvgIpc) is 2.61. The maximum Gasteiger partial charge on any atom is 0.221 e. The van der Waals surface area contributed by atoms with Gasteiger partial charge in [0.2, 0.25) is 5.91 Å². The summed E-state index contributed by atoms with van der Waals surface area (Å²) in [6.45, 7) is 6.95. The Morgan fingerprint density at radius 3 is 2.67 bits per heavy atom. The third kappa shape index (κ3) is 3.47. The predicted octanol–water partition coefficient (Wildman–Crippen LogP) is 0.465. The minimum absolute atomic E-state index is 0.0367. The number of amides is 1. The number of nitrogens with zero attached hydrogens (tertiary/aromatic N) is 1. The molecule has 0 aromatic heterocycles. The number of ether oxygens (including phenoxy) is 1. The molecule has 88 valence electrons. The highest BCUT2D eigenvalue weighted by atomic mass is 16.5. The van der Waals surface area contributed by atoms with Gasteiger partial charge in [0, 0.05) is 20.2 Å². The molecule has 1 aliphatic heterocycles. The first-order valence-electron chi connectivity index (χ1n) is 5.59. The van der Waals surface area contributed by atoms with Gasteiger partial charge in [0.25, 0.3) is 0 Å². The van der Waals surface area contributed by atoms with Crippen molar-refractivity contribution >= 4 is 5.91 Å². The van der Waals surface area contributed by atoms with Gasteiger partial charge in [0.15, 0.2) is 0 Å². The second-order valence-corrected chi connectivity index (χ2v) is 4.67. The summed E-state index contributed by atoms with van der Waals surface area (Å²) in [6.07, 6.45) is 1.14. The van der Waals surface area contributed by atoms with Gasteiger partial charge in [0.05, 0.1) is 12.0 Å². The number of nitrogens with two attached hydrogens (primary N) is 1. The Labute approximate surface area is 91.8 Å². The molecule has 0 bridgehead atoms. The van der Waals surface area contributed by atoms with Crippen LogP contribution in [0, 0.1) is 11.8 Å². The Hall–Kier alpha value is -0.610. The van der Waals surface area contributed by atoms with Crippen molar-refractivity contribution in [2.24, 2.45) is 17.6 Å². The third-order valence-electron chi connectivity index (χ3n) is 3.16. The summed E-state index contributed by atoms with van der Waals surface area (Å²) in [5.41, 5.74) is 5.29. The summed E-state index contributed by atoms with van der Waals surface area (Å²) in [7, 11) is 1.74.